The van der Waals surface area contributed by atoms with Crippen LogP contribution < -0.4 is 4.90 Å². The first kappa shape index (κ1) is 12.8. The Bertz CT molecular complexity index is 459. The fourth-order valence-electron chi connectivity index (χ4n) is 1.78. The normalized spacial score (nSPS) is 10.1. The molecule has 18 heavy (non-hydrogen) atoms. The van der Waals surface area contributed by atoms with Crippen molar-refractivity contribution in [3.05, 3.63) is 60.7 Å². The van der Waals surface area contributed by atoms with Gasteiger partial charge in [0.05, 0.1) is 0 Å². The van der Waals surface area contributed by atoms with Crippen molar-refractivity contribution in [1.29, 1.82) is 0 Å². The third-order valence-corrected chi connectivity index (χ3v) is 2.98. The fourth-order valence-corrected chi connectivity index (χ4v) is 2.12. The lowest BCUT2D eigenvalue weighted by molar-refractivity contribution is -0.117. The van der Waals surface area contributed by atoms with Crippen LogP contribution in [0.15, 0.2) is 60.7 Å². The monoisotopic (exact) mass is 303 g/mol. The number of hydrogen-bond acceptors (Lipinski definition) is 1. The zero-order chi connectivity index (χ0) is 12.8. The summed E-state index contributed by atoms with van der Waals surface area (Å²) in [7, 11) is 0. The lowest BCUT2D eigenvalue weighted by Gasteiger charge is -2.22. The minimum atomic E-state index is 0.0873. The van der Waals surface area contributed by atoms with Crippen LogP contribution in [-0.4, -0.2) is 11.2 Å². The highest BCUT2D eigenvalue weighted by molar-refractivity contribution is 9.09. The Hall–Kier alpha value is -1.61. The van der Waals surface area contributed by atoms with Crippen molar-refractivity contribution in [2.45, 2.75) is 6.42 Å². The van der Waals surface area contributed by atoms with E-state index >= 15 is 0 Å². The molecule has 0 aliphatic rings. The van der Waals surface area contributed by atoms with Crippen LogP contribution in [0.2, 0.25) is 0 Å². The van der Waals surface area contributed by atoms with E-state index in [4.69, 9.17) is 0 Å². The first-order chi connectivity index (χ1) is 8.83. The maximum atomic E-state index is 12.2. The molecule has 0 radical (unpaired) electrons. The predicted molar refractivity (Wildman–Crippen MR) is 78.4 cm³/mol. The number of halogens is 1. The summed E-state index contributed by atoms with van der Waals surface area (Å²) in [5, 5.41) is 0.669. The second kappa shape index (κ2) is 6.36. The summed E-state index contributed by atoms with van der Waals surface area (Å²) < 4.78 is 0. The van der Waals surface area contributed by atoms with Crippen molar-refractivity contribution in [3.8, 4) is 0 Å². The molecular formula is C15H14BrNO. The van der Waals surface area contributed by atoms with Crippen molar-refractivity contribution in [3.63, 3.8) is 0 Å². The largest absolute Gasteiger partial charge is 0.281 e. The molecule has 0 fully saturated rings. The SMILES string of the molecule is O=C(CCBr)N(c1ccccc1)c1ccccc1. The summed E-state index contributed by atoms with van der Waals surface area (Å²) in [5.41, 5.74) is 1.80. The van der Waals surface area contributed by atoms with Gasteiger partial charge in [0.1, 0.15) is 0 Å². The van der Waals surface area contributed by atoms with Gasteiger partial charge < -0.3 is 0 Å². The van der Waals surface area contributed by atoms with E-state index in [1.54, 1.807) is 4.90 Å². The maximum absolute atomic E-state index is 12.2. The summed E-state index contributed by atoms with van der Waals surface area (Å²) in [6.07, 6.45) is 0.476. The van der Waals surface area contributed by atoms with Gasteiger partial charge in [0.2, 0.25) is 5.91 Å². The molecule has 0 atom stereocenters. The fraction of sp³-hybridized carbons (Fsp3) is 0.133. The second-order valence-corrected chi connectivity index (χ2v) is 4.63. The highest BCUT2D eigenvalue weighted by atomic mass is 79.9. The molecule has 0 spiro atoms. The van der Waals surface area contributed by atoms with E-state index in [1.807, 2.05) is 60.7 Å². The number of amides is 1. The van der Waals surface area contributed by atoms with Crippen LogP contribution in [0.4, 0.5) is 11.4 Å². The molecule has 2 nitrogen and oxygen atoms in total. The average molecular weight is 304 g/mol. The Morgan fingerprint density at radius 2 is 1.33 bits per heavy atom. The predicted octanol–water partition coefficient (Wildman–Crippen LogP) is 4.14. The topological polar surface area (TPSA) is 20.3 Å². The van der Waals surface area contributed by atoms with E-state index in [2.05, 4.69) is 15.9 Å². The van der Waals surface area contributed by atoms with E-state index in [0.717, 1.165) is 11.4 Å². The molecule has 0 aliphatic heterocycles. The number of nitrogens with zero attached hydrogens (tertiary/aromatic N) is 1. The molecule has 92 valence electrons. The van der Waals surface area contributed by atoms with Crippen molar-refractivity contribution >= 4 is 33.2 Å². The molecule has 0 bridgehead atoms. The zero-order valence-electron chi connectivity index (χ0n) is 9.92. The highest BCUT2D eigenvalue weighted by Gasteiger charge is 2.16. The minimum Gasteiger partial charge on any atom is -0.281 e. The van der Waals surface area contributed by atoms with Crippen LogP contribution in [0, 0.1) is 0 Å². The maximum Gasteiger partial charge on any atom is 0.232 e. The van der Waals surface area contributed by atoms with E-state index in [-0.39, 0.29) is 5.91 Å². The Morgan fingerprint density at radius 1 is 0.889 bits per heavy atom. The van der Waals surface area contributed by atoms with Gasteiger partial charge in [0.15, 0.2) is 0 Å². The molecule has 0 aliphatic carbocycles. The summed E-state index contributed by atoms with van der Waals surface area (Å²) in [5.74, 6) is 0.0873. The second-order valence-electron chi connectivity index (χ2n) is 3.84. The number of anilines is 2. The summed E-state index contributed by atoms with van der Waals surface area (Å²) in [4.78, 5) is 14.0. The summed E-state index contributed by atoms with van der Waals surface area (Å²) in [6, 6.07) is 19.4. The van der Waals surface area contributed by atoms with Crippen LogP contribution >= 0.6 is 15.9 Å². The van der Waals surface area contributed by atoms with E-state index in [9.17, 15) is 4.79 Å². The molecule has 0 N–H and O–H groups in total. The third kappa shape index (κ3) is 2.99. The van der Waals surface area contributed by atoms with E-state index in [0.29, 0.717) is 11.8 Å². The van der Waals surface area contributed by atoms with Gasteiger partial charge in [0.25, 0.3) is 0 Å². The van der Waals surface area contributed by atoms with Crippen LogP contribution in [0.1, 0.15) is 6.42 Å². The van der Waals surface area contributed by atoms with Gasteiger partial charge in [-0.2, -0.15) is 0 Å². The Kier molecular flexibility index (Phi) is 4.53. The van der Waals surface area contributed by atoms with Crippen LogP contribution in [0.25, 0.3) is 0 Å². The van der Waals surface area contributed by atoms with E-state index < -0.39 is 0 Å². The van der Waals surface area contributed by atoms with Crippen molar-refractivity contribution in [1.82, 2.24) is 0 Å². The van der Waals surface area contributed by atoms with Gasteiger partial charge in [0, 0.05) is 23.1 Å². The van der Waals surface area contributed by atoms with Crippen LogP contribution in [0.5, 0.6) is 0 Å². The first-order valence-electron chi connectivity index (χ1n) is 5.82. The van der Waals surface area contributed by atoms with Crippen LogP contribution in [0.3, 0.4) is 0 Å². The van der Waals surface area contributed by atoms with Crippen molar-refractivity contribution in [2.75, 3.05) is 10.2 Å². The van der Waals surface area contributed by atoms with Crippen molar-refractivity contribution < 1.29 is 4.79 Å². The summed E-state index contributed by atoms with van der Waals surface area (Å²) in [6.45, 7) is 0. The van der Waals surface area contributed by atoms with Gasteiger partial charge in [-0.05, 0) is 24.3 Å². The van der Waals surface area contributed by atoms with Gasteiger partial charge in [-0.1, -0.05) is 52.3 Å². The molecule has 0 aromatic heterocycles. The molecule has 2 rings (SSSR count). The number of para-hydroxylation sites is 2. The number of hydrogen-bond donors (Lipinski definition) is 0. The molecule has 1 amide bonds. The highest BCUT2D eigenvalue weighted by Crippen LogP contribution is 2.25. The van der Waals surface area contributed by atoms with Crippen LogP contribution in [-0.2, 0) is 4.79 Å². The quantitative estimate of drug-likeness (QED) is 0.778. The minimum absolute atomic E-state index is 0.0873. The molecule has 0 saturated carbocycles. The van der Waals surface area contributed by atoms with Gasteiger partial charge in [-0.25, -0.2) is 0 Å². The molecule has 3 heteroatoms. The Morgan fingerprint density at radius 3 is 1.72 bits per heavy atom. The molecule has 2 aromatic rings. The number of rotatable bonds is 4. The third-order valence-electron chi connectivity index (χ3n) is 2.59. The number of carbonyl (C=O) groups excluding carboxylic acids is 1. The molecule has 0 unspecified atom stereocenters. The van der Waals surface area contributed by atoms with Gasteiger partial charge in [-0.15, -0.1) is 0 Å². The van der Waals surface area contributed by atoms with Gasteiger partial charge in [-0.3, -0.25) is 9.69 Å². The lowest BCUT2D eigenvalue weighted by atomic mass is 10.2. The Balaban J connectivity index is 2.38. The molecule has 0 heterocycles. The molecular weight excluding hydrogens is 290 g/mol. The Labute approximate surface area is 115 Å². The standard InChI is InChI=1S/C15H14BrNO/c16-12-11-15(18)17(13-7-3-1-4-8-13)14-9-5-2-6-10-14/h1-10H,11-12H2. The van der Waals surface area contributed by atoms with Crippen molar-refractivity contribution in [2.24, 2.45) is 0 Å². The van der Waals surface area contributed by atoms with Gasteiger partial charge >= 0.3 is 0 Å². The first-order valence-corrected chi connectivity index (χ1v) is 6.94. The smallest absolute Gasteiger partial charge is 0.232 e. The average Bonchev–Trinajstić information content (AvgIpc) is 2.42. The summed E-state index contributed by atoms with van der Waals surface area (Å²) >= 11 is 3.32. The lowest BCUT2D eigenvalue weighted by Crippen LogP contribution is -2.25. The molecule has 0 saturated heterocycles. The number of carbonyl (C=O) groups is 1. The number of benzene rings is 2. The zero-order valence-corrected chi connectivity index (χ0v) is 11.5. The van der Waals surface area contributed by atoms with E-state index in [1.165, 1.54) is 0 Å². The molecule has 2 aromatic carbocycles. The number of alkyl halides is 1.